The van der Waals surface area contributed by atoms with Crippen LogP contribution >= 0.6 is 0 Å². The maximum atomic E-state index is 13.5. The normalized spacial score (nSPS) is 24.6. The number of hydrogen-bond donors (Lipinski definition) is 1. The third-order valence-electron chi connectivity index (χ3n) is 3.53. The zero-order chi connectivity index (χ0) is 15.3. The highest BCUT2D eigenvalue weighted by Crippen LogP contribution is 2.21. The number of hydrogen-bond acceptors (Lipinski definition) is 4. The Morgan fingerprint density at radius 2 is 2.20 bits per heavy atom. The zero-order valence-corrected chi connectivity index (χ0v) is 12.3. The molecule has 116 valence electrons. The van der Waals surface area contributed by atoms with Crippen molar-refractivity contribution in [1.29, 1.82) is 0 Å². The fourth-order valence-electron chi connectivity index (χ4n) is 2.61. The van der Waals surface area contributed by atoms with Crippen molar-refractivity contribution >= 4 is 11.8 Å². The molecule has 1 aliphatic heterocycles. The molecule has 7 heteroatoms. The fraction of sp³-hybridized carbons (Fsp3) is 0.846. The second-order valence-corrected chi connectivity index (χ2v) is 5.46. The van der Waals surface area contributed by atoms with Gasteiger partial charge in [-0.3, -0.25) is 14.5 Å². The summed E-state index contributed by atoms with van der Waals surface area (Å²) >= 11 is 0. The number of carbonyl (C=O) groups excluding carboxylic acids is 2. The first-order valence-electron chi connectivity index (χ1n) is 6.75. The Morgan fingerprint density at radius 1 is 1.55 bits per heavy atom. The molecule has 0 aromatic heterocycles. The molecule has 1 saturated heterocycles. The van der Waals surface area contributed by atoms with E-state index in [1.807, 2.05) is 0 Å². The van der Waals surface area contributed by atoms with E-state index in [2.05, 4.69) is 0 Å². The van der Waals surface area contributed by atoms with Crippen molar-refractivity contribution in [3.8, 4) is 0 Å². The van der Waals surface area contributed by atoms with Crippen molar-refractivity contribution in [2.75, 3.05) is 40.4 Å². The molecule has 2 N–H and O–H groups in total. The van der Waals surface area contributed by atoms with Gasteiger partial charge in [0.2, 0.25) is 11.8 Å². The van der Waals surface area contributed by atoms with E-state index in [0.29, 0.717) is 19.6 Å². The molecule has 6 nitrogen and oxygen atoms in total. The SMILES string of the molecule is COCC(C)C(=O)N(C)C[C@@H]1C[C@H](F)CN1CC(N)=O. The highest BCUT2D eigenvalue weighted by molar-refractivity contribution is 5.78. The third kappa shape index (κ3) is 4.72. The van der Waals surface area contributed by atoms with Crippen LogP contribution in [0.1, 0.15) is 13.3 Å². The Hall–Kier alpha value is -1.21. The van der Waals surface area contributed by atoms with Gasteiger partial charge < -0.3 is 15.4 Å². The van der Waals surface area contributed by atoms with Gasteiger partial charge in [-0.15, -0.1) is 0 Å². The first-order chi connectivity index (χ1) is 9.35. The number of nitrogens with zero attached hydrogens (tertiary/aromatic N) is 2. The molecule has 1 rings (SSSR count). The van der Waals surface area contributed by atoms with Crippen LogP contribution in [0.25, 0.3) is 0 Å². The van der Waals surface area contributed by atoms with Gasteiger partial charge >= 0.3 is 0 Å². The topological polar surface area (TPSA) is 75.9 Å². The second kappa shape index (κ2) is 7.54. The molecular weight excluding hydrogens is 265 g/mol. The van der Waals surface area contributed by atoms with E-state index in [0.717, 1.165) is 0 Å². The first-order valence-corrected chi connectivity index (χ1v) is 6.75. The van der Waals surface area contributed by atoms with Crippen molar-refractivity contribution in [1.82, 2.24) is 9.80 Å². The lowest BCUT2D eigenvalue weighted by molar-refractivity contribution is -0.135. The number of alkyl halides is 1. The quantitative estimate of drug-likeness (QED) is 0.693. The van der Waals surface area contributed by atoms with E-state index >= 15 is 0 Å². The van der Waals surface area contributed by atoms with Gasteiger partial charge in [-0.2, -0.15) is 0 Å². The van der Waals surface area contributed by atoms with Gasteiger partial charge in [-0.1, -0.05) is 6.92 Å². The van der Waals surface area contributed by atoms with E-state index in [1.165, 1.54) is 0 Å². The van der Waals surface area contributed by atoms with E-state index in [9.17, 15) is 14.0 Å². The molecule has 0 aromatic rings. The predicted octanol–water partition coefficient (Wildman–Crippen LogP) is -0.375. The Labute approximate surface area is 119 Å². The van der Waals surface area contributed by atoms with Gasteiger partial charge in [0.15, 0.2) is 0 Å². The Morgan fingerprint density at radius 3 is 2.75 bits per heavy atom. The van der Waals surface area contributed by atoms with Crippen molar-refractivity contribution < 1.29 is 18.7 Å². The number of likely N-dealkylation sites (N-methyl/N-ethyl adjacent to an activating group) is 1. The van der Waals surface area contributed by atoms with Gasteiger partial charge in [0, 0.05) is 33.3 Å². The largest absolute Gasteiger partial charge is 0.384 e. The number of nitrogens with two attached hydrogens (primary N) is 1. The van der Waals surface area contributed by atoms with Crippen LogP contribution < -0.4 is 5.73 Å². The molecule has 0 aromatic carbocycles. The van der Waals surface area contributed by atoms with Crippen molar-refractivity contribution in [3.63, 3.8) is 0 Å². The fourth-order valence-corrected chi connectivity index (χ4v) is 2.61. The molecule has 1 aliphatic rings. The van der Waals surface area contributed by atoms with Crippen LogP contribution in [-0.4, -0.2) is 74.2 Å². The number of ether oxygens (including phenoxy) is 1. The molecular formula is C13H24FN3O3. The van der Waals surface area contributed by atoms with Gasteiger partial charge in [-0.05, 0) is 6.42 Å². The van der Waals surface area contributed by atoms with Gasteiger partial charge in [0.05, 0.1) is 19.1 Å². The predicted molar refractivity (Wildman–Crippen MR) is 72.7 cm³/mol. The maximum Gasteiger partial charge on any atom is 0.231 e. The Balaban J connectivity index is 2.56. The lowest BCUT2D eigenvalue weighted by atomic mass is 10.1. The summed E-state index contributed by atoms with van der Waals surface area (Å²) in [6.07, 6.45) is -0.650. The third-order valence-corrected chi connectivity index (χ3v) is 3.53. The average Bonchev–Trinajstić information content (AvgIpc) is 2.67. The van der Waals surface area contributed by atoms with Crippen LogP contribution in [0.3, 0.4) is 0 Å². The monoisotopic (exact) mass is 289 g/mol. The van der Waals surface area contributed by atoms with E-state index in [1.54, 1.807) is 30.9 Å². The van der Waals surface area contributed by atoms with Gasteiger partial charge in [0.25, 0.3) is 0 Å². The van der Waals surface area contributed by atoms with Crippen LogP contribution in [0.15, 0.2) is 0 Å². The minimum absolute atomic E-state index is 0.0285. The molecule has 0 saturated carbocycles. The minimum atomic E-state index is -0.973. The molecule has 0 aliphatic carbocycles. The standard InChI is InChI=1S/C13H24FN3O3/c1-9(8-20-3)13(19)16(2)6-11-4-10(14)5-17(11)7-12(15)18/h9-11H,4-8H2,1-3H3,(H2,15,18)/t9?,10-,11-/m0/s1. The maximum absolute atomic E-state index is 13.5. The molecule has 0 bridgehead atoms. The molecule has 0 radical (unpaired) electrons. The summed E-state index contributed by atoms with van der Waals surface area (Å²) in [7, 11) is 3.23. The summed E-state index contributed by atoms with van der Waals surface area (Å²) in [5, 5.41) is 0. The molecule has 1 heterocycles. The summed E-state index contributed by atoms with van der Waals surface area (Å²) < 4.78 is 18.4. The Kier molecular flexibility index (Phi) is 6.35. The molecule has 20 heavy (non-hydrogen) atoms. The van der Waals surface area contributed by atoms with Crippen LogP contribution in [0.2, 0.25) is 0 Å². The number of primary amides is 1. The first kappa shape index (κ1) is 16.8. The molecule has 1 unspecified atom stereocenters. The Bertz CT molecular complexity index is 354. The van der Waals surface area contributed by atoms with Crippen LogP contribution in [-0.2, 0) is 14.3 Å². The zero-order valence-electron chi connectivity index (χ0n) is 12.3. The van der Waals surface area contributed by atoms with Gasteiger partial charge in [0.1, 0.15) is 6.17 Å². The number of methoxy groups -OCH3 is 1. The smallest absolute Gasteiger partial charge is 0.231 e. The highest BCUT2D eigenvalue weighted by atomic mass is 19.1. The molecule has 1 fully saturated rings. The number of rotatable bonds is 7. The van der Waals surface area contributed by atoms with Crippen LogP contribution in [0.5, 0.6) is 0 Å². The summed E-state index contributed by atoms with van der Waals surface area (Å²) in [4.78, 5) is 26.3. The number of carbonyl (C=O) groups is 2. The summed E-state index contributed by atoms with van der Waals surface area (Å²) in [6, 6.07) is -0.166. The number of likely N-dealkylation sites (tertiary alicyclic amines) is 1. The molecule has 3 atom stereocenters. The van der Waals surface area contributed by atoms with Crippen molar-refractivity contribution in [3.05, 3.63) is 0 Å². The highest BCUT2D eigenvalue weighted by Gasteiger charge is 2.34. The number of halogens is 1. The minimum Gasteiger partial charge on any atom is -0.384 e. The average molecular weight is 289 g/mol. The van der Waals surface area contributed by atoms with Crippen molar-refractivity contribution in [2.24, 2.45) is 11.7 Å². The number of amides is 2. The van der Waals surface area contributed by atoms with E-state index in [4.69, 9.17) is 10.5 Å². The summed E-state index contributed by atoms with van der Waals surface area (Å²) in [5.41, 5.74) is 5.16. The summed E-state index contributed by atoms with van der Waals surface area (Å²) in [5.74, 6) is -0.767. The second-order valence-electron chi connectivity index (χ2n) is 5.46. The van der Waals surface area contributed by atoms with Gasteiger partial charge in [-0.25, -0.2) is 4.39 Å². The lowest BCUT2D eigenvalue weighted by Crippen LogP contribution is -2.45. The van der Waals surface area contributed by atoms with E-state index < -0.39 is 12.1 Å². The van der Waals surface area contributed by atoms with Crippen LogP contribution in [0, 0.1) is 5.92 Å². The van der Waals surface area contributed by atoms with E-state index in [-0.39, 0.29) is 31.0 Å². The molecule has 2 amide bonds. The van der Waals surface area contributed by atoms with Crippen LogP contribution in [0.4, 0.5) is 4.39 Å². The lowest BCUT2D eigenvalue weighted by Gasteiger charge is -2.28. The molecule has 0 spiro atoms. The summed E-state index contributed by atoms with van der Waals surface area (Å²) in [6.45, 7) is 2.76. The van der Waals surface area contributed by atoms with Crippen molar-refractivity contribution in [2.45, 2.75) is 25.6 Å².